The van der Waals surface area contributed by atoms with Crippen LogP contribution in [-0.4, -0.2) is 36.4 Å². The maximum Gasteiger partial charge on any atom is 0.336 e. The molecule has 1 N–H and O–H groups in total. The van der Waals surface area contributed by atoms with E-state index < -0.39 is 17.2 Å². The van der Waals surface area contributed by atoms with Gasteiger partial charge in [0.05, 0.1) is 37.9 Å². The number of nitrogens with one attached hydrogen (secondary N) is 1. The van der Waals surface area contributed by atoms with Crippen LogP contribution in [0.4, 0.5) is 5.69 Å². The largest absolute Gasteiger partial charge is 0.497 e. The quantitative estimate of drug-likeness (QED) is 0.454. The fourth-order valence-corrected chi connectivity index (χ4v) is 3.67. The summed E-state index contributed by atoms with van der Waals surface area (Å²) in [6, 6.07) is 18.3. The zero-order valence-corrected chi connectivity index (χ0v) is 18.9. The third-order valence-corrected chi connectivity index (χ3v) is 5.30. The van der Waals surface area contributed by atoms with Crippen molar-refractivity contribution in [2.45, 2.75) is 6.54 Å². The van der Waals surface area contributed by atoms with Crippen molar-refractivity contribution in [1.82, 2.24) is 9.13 Å². The van der Waals surface area contributed by atoms with Crippen molar-refractivity contribution in [2.24, 2.45) is 0 Å². The number of carbonyl (C=O) groups is 1. The van der Waals surface area contributed by atoms with Crippen LogP contribution in [0.1, 0.15) is 0 Å². The van der Waals surface area contributed by atoms with E-state index in [2.05, 4.69) is 5.32 Å². The van der Waals surface area contributed by atoms with E-state index in [0.717, 1.165) is 4.57 Å². The third kappa shape index (κ3) is 4.36. The van der Waals surface area contributed by atoms with Crippen LogP contribution >= 0.6 is 0 Å². The minimum absolute atomic E-state index is 0.263. The van der Waals surface area contributed by atoms with Crippen LogP contribution in [0.5, 0.6) is 17.2 Å². The summed E-state index contributed by atoms with van der Waals surface area (Å²) in [6.07, 6.45) is 0. The van der Waals surface area contributed by atoms with E-state index in [-0.39, 0.29) is 17.6 Å². The van der Waals surface area contributed by atoms with Gasteiger partial charge in [0.15, 0.2) is 0 Å². The van der Waals surface area contributed by atoms with Crippen molar-refractivity contribution in [3.8, 4) is 22.9 Å². The molecule has 9 heteroatoms. The highest BCUT2D eigenvalue weighted by Crippen LogP contribution is 2.24. The minimum Gasteiger partial charge on any atom is -0.497 e. The van der Waals surface area contributed by atoms with Gasteiger partial charge in [0.1, 0.15) is 23.8 Å². The number of anilines is 1. The first-order valence-corrected chi connectivity index (χ1v) is 10.4. The molecular weight excluding hydrogens is 438 g/mol. The van der Waals surface area contributed by atoms with E-state index in [0.29, 0.717) is 28.5 Å². The lowest BCUT2D eigenvalue weighted by molar-refractivity contribution is -0.116. The molecule has 0 fully saturated rings. The summed E-state index contributed by atoms with van der Waals surface area (Å²) in [7, 11) is 4.48. The highest BCUT2D eigenvalue weighted by molar-refractivity contribution is 5.91. The minimum atomic E-state index is -0.667. The number of hydrogen-bond acceptors (Lipinski definition) is 6. The summed E-state index contributed by atoms with van der Waals surface area (Å²) in [5, 5.41) is 3.05. The van der Waals surface area contributed by atoms with Gasteiger partial charge in [-0.25, -0.2) is 9.36 Å². The molecule has 174 valence electrons. The van der Waals surface area contributed by atoms with Gasteiger partial charge in [-0.15, -0.1) is 0 Å². The summed E-state index contributed by atoms with van der Waals surface area (Å²) >= 11 is 0. The van der Waals surface area contributed by atoms with Crippen LogP contribution in [0.3, 0.4) is 0 Å². The number of hydrogen-bond donors (Lipinski definition) is 1. The Morgan fingerprint density at radius 2 is 1.50 bits per heavy atom. The third-order valence-electron chi connectivity index (χ3n) is 5.30. The highest BCUT2D eigenvalue weighted by Gasteiger charge is 2.18. The molecule has 34 heavy (non-hydrogen) atoms. The molecule has 3 aromatic carbocycles. The van der Waals surface area contributed by atoms with Crippen molar-refractivity contribution in [1.29, 1.82) is 0 Å². The molecule has 0 spiro atoms. The van der Waals surface area contributed by atoms with Crippen molar-refractivity contribution >= 4 is 22.5 Å². The van der Waals surface area contributed by atoms with Crippen LogP contribution < -0.4 is 30.8 Å². The first-order chi connectivity index (χ1) is 16.4. The molecule has 0 saturated heterocycles. The van der Waals surface area contributed by atoms with Gasteiger partial charge in [0.25, 0.3) is 5.56 Å². The molecule has 4 rings (SSSR count). The molecule has 4 aromatic rings. The van der Waals surface area contributed by atoms with E-state index in [1.807, 2.05) is 0 Å². The fraction of sp³-hybridized carbons (Fsp3) is 0.160. The molecule has 0 unspecified atom stereocenters. The van der Waals surface area contributed by atoms with Crippen LogP contribution in [0.25, 0.3) is 16.6 Å². The fourth-order valence-electron chi connectivity index (χ4n) is 3.67. The van der Waals surface area contributed by atoms with Gasteiger partial charge in [-0.3, -0.25) is 14.2 Å². The lowest BCUT2D eigenvalue weighted by Gasteiger charge is -2.15. The maximum atomic E-state index is 13.5. The number of fused-ring (bicyclic) bond motifs is 1. The second-order valence-corrected chi connectivity index (χ2v) is 7.38. The molecule has 1 aromatic heterocycles. The lowest BCUT2D eigenvalue weighted by atomic mass is 10.2. The summed E-state index contributed by atoms with van der Waals surface area (Å²) in [5.74, 6) is 0.974. The number of carbonyl (C=O) groups excluding carboxylic acids is 1. The molecular formula is C25H23N3O6. The van der Waals surface area contributed by atoms with Crippen LogP contribution in [0.15, 0.2) is 76.3 Å². The standard InChI is InChI=1S/C25H23N3O6/c1-32-18-8-6-7-16(11-18)26-23(29)15-27-22-10-5-4-9-21(22)24(30)28(25(27)31)17-12-19(33-2)14-20(13-17)34-3/h4-14H,15H2,1-3H3,(H,26,29). The van der Waals surface area contributed by atoms with Crippen molar-refractivity contribution in [3.05, 3.63) is 87.6 Å². The topological polar surface area (TPSA) is 101 Å². The zero-order chi connectivity index (χ0) is 24.2. The van der Waals surface area contributed by atoms with Crippen LogP contribution in [0, 0.1) is 0 Å². The number of aromatic nitrogens is 2. The van der Waals surface area contributed by atoms with Crippen molar-refractivity contribution < 1.29 is 19.0 Å². The molecule has 1 amide bonds. The maximum absolute atomic E-state index is 13.5. The average molecular weight is 461 g/mol. The Bertz CT molecular complexity index is 1470. The van der Waals surface area contributed by atoms with Crippen LogP contribution in [-0.2, 0) is 11.3 Å². The Hall–Kier alpha value is -4.53. The number of para-hydroxylation sites is 1. The Labute approximate surface area is 194 Å². The van der Waals surface area contributed by atoms with Gasteiger partial charge in [0.2, 0.25) is 5.91 Å². The first-order valence-electron chi connectivity index (χ1n) is 10.4. The van der Waals surface area contributed by atoms with E-state index in [4.69, 9.17) is 14.2 Å². The number of rotatable bonds is 7. The van der Waals surface area contributed by atoms with E-state index in [1.54, 1.807) is 66.7 Å². The normalized spacial score (nSPS) is 10.7. The summed E-state index contributed by atoms with van der Waals surface area (Å²) < 4.78 is 18.0. The molecule has 0 aliphatic carbocycles. The first kappa shape index (κ1) is 22.7. The number of ether oxygens (including phenoxy) is 3. The zero-order valence-electron chi connectivity index (χ0n) is 18.9. The Kier molecular flexibility index (Phi) is 6.35. The Morgan fingerprint density at radius 3 is 2.18 bits per heavy atom. The molecule has 0 saturated carbocycles. The second-order valence-electron chi connectivity index (χ2n) is 7.38. The smallest absolute Gasteiger partial charge is 0.336 e. The van der Waals surface area contributed by atoms with Gasteiger partial charge >= 0.3 is 5.69 Å². The molecule has 0 aliphatic rings. The van der Waals surface area contributed by atoms with Crippen molar-refractivity contribution in [2.75, 3.05) is 26.6 Å². The number of amides is 1. The molecule has 0 radical (unpaired) electrons. The average Bonchev–Trinajstić information content (AvgIpc) is 2.86. The lowest BCUT2D eigenvalue weighted by Crippen LogP contribution is -2.40. The molecule has 1 heterocycles. The summed E-state index contributed by atoms with van der Waals surface area (Å²) in [5.41, 5.74) is -0.0453. The van der Waals surface area contributed by atoms with Gasteiger partial charge in [-0.05, 0) is 24.3 Å². The number of methoxy groups -OCH3 is 3. The summed E-state index contributed by atoms with van der Waals surface area (Å²) in [4.78, 5) is 39.7. The summed E-state index contributed by atoms with van der Waals surface area (Å²) in [6.45, 7) is -0.308. The molecule has 9 nitrogen and oxygen atoms in total. The van der Waals surface area contributed by atoms with Crippen LogP contribution in [0.2, 0.25) is 0 Å². The van der Waals surface area contributed by atoms with Gasteiger partial charge in [-0.2, -0.15) is 0 Å². The van der Waals surface area contributed by atoms with E-state index >= 15 is 0 Å². The Morgan fingerprint density at radius 1 is 0.824 bits per heavy atom. The number of nitrogens with zero attached hydrogens (tertiary/aromatic N) is 2. The van der Waals surface area contributed by atoms with Gasteiger partial charge < -0.3 is 19.5 Å². The molecule has 0 atom stereocenters. The predicted octanol–water partition coefficient (Wildman–Crippen LogP) is 2.82. The monoisotopic (exact) mass is 461 g/mol. The predicted molar refractivity (Wildman–Crippen MR) is 129 cm³/mol. The van der Waals surface area contributed by atoms with Gasteiger partial charge in [0, 0.05) is 30.0 Å². The molecule has 0 aliphatic heterocycles. The van der Waals surface area contributed by atoms with Crippen molar-refractivity contribution in [3.63, 3.8) is 0 Å². The highest BCUT2D eigenvalue weighted by atomic mass is 16.5. The Balaban J connectivity index is 1.84. The second kappa shape index (κ2) is 9.53. The SMILES string of the molecule is COc1cccc(NC(=O)Cn2c(=O)n(-c3cc(OC)cc(OC)c3)c(=O)c3ccccc32)c1. The van der Waals surface area contributed by atoms with E-state index in [9.17, 15) is 14.4 Å². The number of benzene rings is 3. The van der Waals surface area contributed by atoms with E-state index in [1.165, 1.54) is 25.9 Å². The van der Waals surface area contributed by atoms with Gasteiger partial charge in [-0.1, -0.05) is 18.2 Å². The molecule has 0 bridgehead atoms.